The fraction of sp³-hybridized carbons (Fsp3) is 0.577. The Balaban J connectivity index is 0.000000340. The van der Waals surface area contributed by atoms with E-state index < -0.39 is 47.9 Å². The molecule has 0 aliphatic carbocycles. The number of ether oxygens (including phenoxy) is 3. The van der Waals surface area contributed by atoms with Crippen LogP contribution in [0.5, 0.6) is 0 Å². The van der Waals surface area contributed by atoms with E-state index in [2.05, 4.69) is 9.97 Å². The topological polar surface area (TPSA) is 201 Å². The van der Waals surface area contributed by atoms with Crippen molar-refractivity contribution in [2.75, 3.05) is 18.2 Å². The van der Waals surface area contributed by atoms with Crippen molar-refractivity contribution in [3.05, 3.63) is 24.0 Å². The zero-order valence-corrected chi connectivity index (χ0v) is 23.9. The first-order valence-corrected chi connectivity index (χ1v) is 12.6. The normalized spacial score (nSPS) is 13.6. The molecule has 40 heavy (non-hydrogen) atoms. The zero-order chi connectivity index (χ0) is 30.7. The molecule has 5 N–H and O–H groups in total. The summed E-state index contributed by atoms with van der Waals surface area (Å²) in [4.78, 5) is 51.3. The molecule has 2 aromatic rings. The van der Waals surface area contributed by atoms with Gasteiger partial charge in [-0.15, -0.1) is 0 Å². The van der Waals surface area contributed by atoms with Crippen LogP contribution in [0.4, 0.5) is 15.3 Å². The number of benzene rings is 1. The van der Waals surface area contributed by atoms with E-state index in [0.717, 1.165) is 13.2 Å². The van der Waals surface area contributed by atoms with Crippen LogP contribution in [0, 0.1) is 6.92 Å². The Bertz CT molecular complexity index is 1140. The number of nitrogens with one attached hydrogen (secondary N) is 2. The summed E-state index contributed by atoms with van der Waals surface area (Å²) in [5, 5.41) is 27.5. The van der Waals surface area contributed by atoms with E-state index in [1.807, 2.05) is 0 Å². The lowest BCUT2D eigenvalue weighted by Gasteiger charge is -2.23. The van der Waals surface area contributed by atoms with Gasteiger partial charge in [-0.3, -0.25) is 4.79 Å². The highest BCUT2D eigenvalue weighted by Gasteiger charge is 2.27. The lowest BCUT2D eigenvalue weighted by molar-refractivity contribution is -0.172. The summed E-state index contributed by atoms with van der Waals surface area (Å²) in [6.07, 6.45) is -2.21. The third-order valence-electron chi connectivity index (χ3n) is 4.53. The van der Waals surface area contributed by atoms with Crippen molar-refractivity contribution in [3.63, 3.8) is 0 Å². The van der Waals surface area contributed by atoms with Crippen LogP contribution in [-0.4, -0.2) is 79.9 Å². The van der Waals surface area contributed by atoms with Gasteiger partial charge >= 0.3 is 24.1 Å². The molecule has 3 rings (SSSR count). The number of carbonyl (C=O) groups excluding carboxylic acids is 2. The second kappa shape index (κ2) is 15.0. The van der Waals surface area contributed by atoms with Crippen molar-refractivity contribution in [2.45, 2.75) is 85.0 Å². The third-order valence-corrected chi connectivity index (χ3v) is 4.53. The molecule has 14 nitrogen and oxygen atoms in total. The van der Waals surface area contributed by atoms with Crippen LogP contribution in [0.25, 0.3) is 11.0 Å². The number of carboxylic acid groups (broad SMARTS) is 2. The molecule has 1 aliphatic heterocycles. The average molecular weight is 569 g/mol. The number of nitrogens with zero attached hydrogens (tertiary/aromatic N) is 2. The fourth-order valence-corrected chi connectivity index (χ4v) is 3.09. The minimum Gasteiger partial charge on any atom is -0.464 e. The number of aromatic nitrogens is 2. The quantitative estimate of drug-likeness (QED) is 0.266. The van der Waals surface area contributed by atoms with Crippen LogP contribution in [0.3, 0.4) is 0 Å². The second-order valence-electron chi connectivity index (χ2n) is 10.7. The number of imidazole rings is 1. The van der Waals surface area contributed by atoms with Gasteiger partial charge in [0.2, 0.25) is 0 Å². The number of hydrogen-bond acceptors (Lipinski definition) is 9. The first-order valence-electron chi connectivity index (χ1n) is 12.6. The number of H-pyrrole nitrogens is 1. The van der Waals surface area contributed by atoms with E-state index in [1.165, 1.54) is 25.0 Å². The fourth-order valence-electron chi connectivity index (χ4n) is 3.09. The van der Waals surface area contributed by atoms with Gasteiger partial charge in [-0.25, -0.2) is 24.8 Å². The maximum atomic E-state index is 11.4. The van der Waals surface area contributed by atoms with E-state index in [-0.39, 0.29) is 5.69 Å². The molecule has 0 radical (unpaired) electrons. The number of rotatable bonds is 4. The number of anilines is 1. The van der Waals surface area contributed by atoms with Gasteiger partial charge in [0, 0.05) is 13.2 Å². The highest BCUT2D eigenvalue weighted by atomic mass is 16.6. The molecule has 14 heteroatoms. The molecule has 1 saturated heterocycles. The maximum absolute atomic E-state index is 11.4. The molecular formula is C26H40N4O10. The number of carbonyl (C=O) groups is 4. The van der Waals surface area contributed by atoms with Gasteiger partial charge in [0.15, 0.2) is 6.10 Å². The van der Waals surface area contributed by atoms with Crippen LogP contribution in [0.1, 0.15) is 66.6 Å². The van der Waals surface area contributed by atoms with Crippen molar-refractivity contribution in [2.24, 2.45) is 0 Å². The van der Waals surface area contributed by atoms with Gasteiger partial charge in [0.1, 0.15) is 17.0 Å². The molecule has 0 bridgehead atoms. The van der Waals surface area contributed by atoms with Gasteiger partial charge < -0.3 is 34.5 Å². The molecule has 1 aliphatic rings. The predicted molar refractivity (Wildman–Crippen MR) is 145 cm³/mol. The number of aliphatic hydroxyl groups is 1. The van der Waals surface area contributed by atoms with Crippen LogP contribution >= 0.6 is 0 Å². The first kappa shape index (κ1) is 34.1. The van der Waals surface area contributed by atoms with Gasteiger partial charge in [0.05, 0.1) is 23.1 Å². The van der Waals surface area contributed by atoms with Gasteiger partial charge in [0.25, 0.3) is 0 Å². The van der Waals surface area contributed by atoms with Crippen LogP contribution < -0.4 is 10.4 Å². The minimum absolute atomic E-state index is 0.182. The number of esters is 2. The Morgan fingerprint density at radius 2 is 1.62 bits per heavy atom. The van der Waals surface area contributed by atoms with Crippen molar-refractivity contribution in [3.8, 4) is 0 Å². The van der Waals surface area contributed by atoms with Crippen molar-refractivity contribution >= 4 is 40.8 Å². The molecular weight excluding hydrogens is 528 g/mol. The number of amides is 2. The number of hydrazine groups is 1. The number of aliphatic hydroxyl groups excluding tert-OH is 1. The van der Waals surface area contributed by atoms with Crippen molar-refractivity contribution < 1.29 is 48.7 Å². The molecule has 2 amide bonds. The number of fused-ring (bicyclic) bond motifs is 1. The molecule has 1 unspecified atom stereocenters. The van der Waals surface area contributed by atoms with Crippen LogP contribution in [0.2, 0.25) is 0 Å². The smallest absolute Gasteiger partial charge is 0.431 e. The Labute approximate surface area is 232 Å². The lowest BCUT2D eigenvalue weighted by atomic mass is 10.1. The summed E-state index contributed by atoms with van der Waals surface area (Å²) in [6.45, 7) is 14.0. The molecule has 224 valence electrons. The summed E-state index contributed by atoms with van der Waals surface area (Å²) in [5.41, 5.74) is 1.95. The van der Waals surface area contributed by atoms with Crippen LogP contribution in [0.15, 0.2) is 18.2 Å². The van der Waals surface area contributed by atoms with E-state index in [1.54, 1.807) is 60.0 Å². The number of aryl methyl sites for hydroxylation is 1. The summed E-state index contributed by atoms with van der Waals surface area (Å²) in [7, 11) is 0. The average Bonchev–Trinajstić information content (AvgIpc) is 3.47. The predicted octanol–water partition coefficient (Wildman–Crippen LogP) is 3.76. The second-order valence-corrected chi connectivity index (χ2v) is 10.7. The molecule has 1 aromatic heterocycles. The van der Waals surface area contributed by atoms with Gasteiger partial charge in [-0.1, -0.05) is 0 Å². The molecule has 0 spiro atoms. The maximum Gasteiger partial charge on any atom is 0.431 e. The molecule has 2 heterocycles. The third kappa shape index (κ3) is 13.8. The van der Waals surface area contributed by atoms with Crippen molar-refractivity contribution in [1.82, 2.24) is 15.4 Å². The molecule has 1 fully saturated rings. The summed E-state index contributed by atoms with van der Waals surface area (Å²) >= 11 is 0. The van der Waals surface area contributed by atoms with Crippen molar-refractivity contribution in [1.29, 1.82) is 0 Å². The summed E-state index contributed by atoms with van der Waals surface area (Å²) in [6, 6.07) is 4.57. The largest absolute Gasteiger partial charge is 0.464 e. The van der Waals surface area contributed by atoms with E-state index in [0.29, 0.717) is 21.9 Å². The van der Waals surface area contributed by atoms with Gasteiger partial charge in [-0.05, 0) is 79.5 Å². The number of hydrogen-bond donors (Lipinski definition) is 5. The Morgan fingerprint density at radius 1 is 1.05 bits per heavy atom. The Morgan fingerprint density at radius 3 is 2.08 bits per heavy atom. The Hall–Kier alpha value is -3.91. The van der Waals surface area contributed by atoms with E-state index in [9.17, 15) is 24.3 Å². The van der Waals surface area contributed by atoms with Crippen LogP contribution in [-0.2, 0) is 23.8 Å². The summed E-state index contributed by atoms with van der Waals surface area (Å²) < 4.78 is 14.9. The molecule has 0 saturated carbocycles. The SMILES string of the molecule is C1CCOC1.CC(C)(C)OC(=O)CC(O)C(=O)OC(C)(C)C.Cc1nc2ccc(N(NC(=O)O)C(=O)O)cc2[nH]1. The zero-order valence-electron chi connectivity index (χ0n) is 23.9. The molecule has 1 aromatic carbocycles. The van der Waals surface area contributed by atoms with Gasteiger partial charge in [-0.2, -0.15) is 5.01 Å². The first-order chi connectivity index (χ1) is 18.4. The summed E-state index contributed by atoms with van der Waals surface area (Å²) in [5.74, 6) is -0.755. The van der Waals surface area contributed by atoms with E-state index >= 15 is 0 Å². The number of aromatic amines is 1. The minimum atomic E-state index is -1.48. The Kier molecular flexibility index (Phi) is 12.8. The van der Waals surface area contributed by atoms with E-state index in [4.69, 9.17) is 24.4 Å². The lowest BCUT2D eigenvalue weighted by Crippen LogP contribution is -2.45. The molecule has 1 atom stereocenters. The standard InChI is InChI=1S/C12H22O5.C10H10N4O4.C4H8O/c1-11(2,3)16-9(14)7-8(13)10(15)17-12(4,5)6;1-5-11-7-3-2-6(4-8(7)12-5)14(10(17)18)13-9(15)16;1-2-4-5-3-1/h8,13H,7H2,1-6H3;2-4,13H,1H3,(H,11,12)(H,15,16)(H,17,18);1-4H2. The highest BCUT2D eigenvalue weighted by molar-refractivity contribution is 5.91. The highest BCUT2D eigenvalue weighted by Crippen LogP contribution is 2.20. The monoisotopic (exact) mass is 568 g/mol.